The van der Waals surface area contributed by atoms with E-state index in [0.29, 0.717) is 0 Å². The zero-order chi connectivity index (χ0) is 21.4. The normalized spacial score (nSPS) is 12.9. The van der Waals surface area contributed by atoms with Crippen molar-refractivity contribution < 1.29 is 26.2 Å². The number of aromatic amines is 1. The van der Waals surface area contributed by atoms with Crippen LogP contribution < -0.4 is 10.4 Å². The minimum atomic E-state index is 0. The van der Waals surface area contributed by atoms with Gasteiger partial charge < -0.3 is 4.98 Å². The number of fused-ring (bicyclic) bond motifs is 2. The van der Waals surface area contributed by atoms with E-state index in [4.69, 9.17) is 0 Å². The third kappa shape index (κ3) is 5.33. The largest absolute Gasteiger partial charge is 2.00 e. The number of allylic oxidation sites excluding steroid dienone is 2. The van der Waals surface area contributed by atoms with Gasteiger partial charge in [-0.1, -0.05) is 91.3 Å². The molecule has 4 rings (SSSR count). The van der Waals surface area contributed by atoms with Gasteiger partial charge >= 0.3 is 26.2 Å². The zero-order valence-corrected chi connectivity index (χ0v) is 22.1. The number of H-pyrrole nitrogens is 1. The Labute approximate surface area is 201 Å². The molecule has 1 heterocycles. The molecule has 0 saturated heterocycles. The van der Waals surface area contributed by atoms with Gasteiger partial charge in [-0.2, -0.15) is 0 Å². The van der Waals surface area contributed by atoms with E-state index in [2.05, 4.69) is 115 Å². The van der Waals surface area contributed by atoms with Gasteiger partial charge in [-0.15, -0.1) is 68.5 Å². The second kappa shape index (κ2) is 9.23. The SMILES string of the molecule is CC(C)(C)c1[c-][nH]c2cccc(C(C)(C)C)c12.CC(C)=C1[C-]=c2ccccc2=C1.[Zr+2]. The van der Waals surface area contributed by atoms with Crippen LogP contribution in [0.1, 0.15) is 66.5 Å². The molecule has 3 aromatic rings. The number of aromatic nitrogens is 1. The van der Waals surface area contributed by atoms with Gasteiger partial charge in [0, 0.05) is 0 Å². The second-order valence-corrected chi connectivity index (χ2v) is 10.1. The Morgan fingerprint density at radius 2 is 1.50 bits per heavy atom. The van der Waals surface area contributed by atoms with Crippen LogP contribution in [0.3, 0.4) is 0 Å². The molecule has 2 aromatic carbocycles. The van der Waals surface area contributed by atoms with Crippen LogP contribution in [0.4, 0.5) is 0 Å². The van der Waals surface area contributed by atoms with Crippen molar-refractivity contribution in [3.63, 3.8) is 0 Å². The summed E-state index contributed by atoms with van der Waals surface area (Å²) < 4.78 is 0. The smallest absolute Gasteiger partial charge is 0.477 e. The van der Waals surface area contributed by atoms with Crippen molar-refractivity contribution in [2.24, 2.45) is 0 Å². The third-order valence-electron chi connectivity index (χ3n) is 5.26. The van der Waals surface area contributed by atoms with Crippen LogP contribution in [0.2, 0.25) is 0 Å². The number of hydrogen-bond acceptors (Lipinski definition) is 0. The van der Waals surface area contributed by atoms with Crippen molar-refractivity contribution >= 4 is 23.1 Å². The number of rotatable bonds is 0. The second-order valence-electron chi connectivity index (χ2n) is 10.1. The molecule has 1 aliphatic rings. The molecule has 0 radical (unpaired) electrons. The summed E-state index contributed by atoms with van der Waals surface area (Å²) in [5, 5.41) is 3.86. The first-order valence-corrected chi connectivity index (χ1v) is 10.4. The number of benzene rings is 2. The molecule has 0 bridgehead atoms. The van der Waals surface area contributed by atoms with Crippen LogP contribution in [-0.2, 0) is 37.0 Å². The molecule has 1 N–H and O–H groups in total. The van der Waals surface area contributed by atoms with Crippen LogP contribution >= 0.6 is 0 Å². The summed E-state index contributed by atoms with van der Waals surface area (Å²) in [7, 11) is 0. The summed E-state index contributed by atoms with van der Waals surface area (Å²) >= 11 is 0. The third-order valence-corrected chi connectivity index (χ3v) is 5.26. The predicted molar refractivity (Wildman–Crippen MR) is 126 cm³/mol. The predicted octanol–water partition coefficient (Wildman–Crippen LogP) is 6.04. The van der Waals surface area contributed by atoms with Crippen molar-refractivity contribution in [1.29, 1.82) is 0 Å². The Hall–Kier alpha value is -1.66. The van der Waals surface area contributed by atoms with Gasteiger partial charge in [-0.3, -0.25) is 0 Å². The van der Waals surface area contributed by atoms with Crippen molar-refractivity contribution in [2.75, 3.05) is 0 Å². The summed E-state index contributed by atoms with van der Waals surface area (Å²) in [6.07, 6.45) is 8.88. The molecule has 0 amide bonds. The van der Waals surface area contributed by atoms with Crippen molar-refractivity contribution in [3.05, 3.63) is 81.4 Å². The molecule has 2 heteroatoms. The fraction of sp³-hybridized carbons (Fsp3) is 0.357. The van der Waals surface area contributed by atoms with E-state index >= 15 is 0 Å². The molecular formula is C28H33NZr. The van der Waals surface area contributed by atoms with Gasteiger partial charge in [0.25, 0.3) is 0 Å². The monoisotopic (exact) mass is 473 g/mol. The van der Waals surface area contributed by atoms with Crippen LogP contribution in [0.25, 0.3) is 23.1 Å². The van der Waals surface area contributed by atoms with Crippen molar-refractivity contribution in [3.8, 4) is 0 Å². The fourth-order valence-electron chi connectivity index (χ4n) is 3.65. The summed E-state index contributed by atoms with van der Waals surface area (Å²) in [4.78, 5) is 3.28. The van der Waals surface area contributed by atoms with Crippen LogP contribution in [-0.4, -0.2) is 4.98 Å². The molecule has 0 unspecified atom stereocenters. The molecule has 0 spiro atoms. The van der Waals surface area contributed by atoms with Gasteiger partial charge in [-0.25, -0.2) is 0 Å². The Bertz CT molecular complexity index is 1140. The van der Waals surface area contributed by atoms with E-state index in [0.717, 1.165) is 0 Å². The van der Waals surface area contributed by atoms with E-state index in [1.807, 2.05) is 6.07 Å². The topological polar surface area (TPSA) is 15.8 Å². The van der Waals surface area contributed by atoms with Gasteiger partial charge in [0.15, 0.2) is 0 Å². The molecule has 0 atom stereocenters. The van der Waals surface area contributed by atoms with Gasteiger partial charge in [0.2, 0.25) is 0 Å². The fourth-order valence-corrected chi connectivity index (χ4v) is 3.65. The summed E-state index contributed by atoms with van der Waals surface area (Å²) in [5.41, 5.74) is 6.73. The van der Waals surface area contributed by atoms with Gasteiger partial charge in [-0.05, 0) is 10.8 Å². The zero-order valence-electron chi connectivity index (χ0n) is 19.6. The summed E-state index contributed by atoms with van der Waals surface area (Å²) in [6, 6.07) is 14.8. The molecule has 1 aliphatic carbocycles. The molecule has 1 aromatic heterocycles. The molecule has 0 fully saturated rings. The minimum Gasteiger partial charge on any atom is -0.477 e. The average molecular weight is 475 g/mol. The molecule has 0 saturated carbocycles. The molecule has 30 heavy (non-hydrogen) atoms. The molecular weight excluding hydrogens is 442 g/mol. The molecule has 0 aliphatic heterocycles. The van der Waals surface area contributed by atoms with Crippen LogP contribution in [0.5, 0.6) is 0 Å². The van der Waals surface area contributed by atoms with E-state index in [1.165, 1.54) is 43.6 Å². The van der Waals surface area contributed by atoms with Gasteiger partial charge in [0.05, 0.1) is 0 Å². The quantitative estimate of drug-likeness (QED) is 0.383. The molecule has 1 nitrogen and oxygen atoms in total. The Kier molecular flexibility index (Phi) is 7.57. The van der Waals surface area contributed by atoms with Gasteiger partial charge in [0.1, 0.15) is 0 Å². The van der Waals surface area contributed by atoms with E-state index in [1.54, 1.807) is 0 Å². The maximum absolute atomic E-state index is 3.36. The standard InChI is InChI=1S/C16H22N.C12H11.Zr/c1-15(2,3)11-8-7-9-13-14(11)12(10-17-13)16(4,5)6;1-9(2)12-7-10-5-3-4-6-11(10)8-12;/h7-9,17H,1-6H3;3-7H,1-2H3;/q2*-1;+2. The van der Waals surface area contributed by atoms with E-state index in [-0.39, 0.29) is 37.0 Å². The van der Waals surface area contributed by atoms with Crippen LogP contribution in [0.15, 0.2) is 53.6 Å². The van der Waals surface area contributed by atoms with Crippen molar-refractivity contribution in [2.45, 2.75) is 66.2 Å². The number of nitrogens with one attached hydrogen (secondary N) is 1. The molecule has 154 valence electrons. The number of hydrogen-bond donors (Lipinski definition) is 1. The Morgan fingerprint density at radius 3 is 2.07 bits per heavy atom. The first-order valence-electron chi connectivity index (χ1n) is 10.4. The summed E-state index contributed by atoms with van der Waals surface area (Å²) in [6.45, 7) is 17.8. The first-order chi connectivity index (χ1) is 13.5. The minimum absolute atomic E-state index is 0. The first kappa shape index (κ1) is 24.6. The average Bonchev–Trinajstić information content (AvgIpc) is 3.25. The maximum atomic E-state index is 3.36. The Balaban J connectivity index is 0.000000218. The van der Waals surface area contributed by atoms with Crippen molar-refractivity contribution in [1.82, 2.24) is 4.98 Å². The van der Waals surface area contributed by atoms with E-state index in [9.17, 15) is 0 Å². The Morgan fingerprint density at radius 1 is 0.833 bits per heavy atom. The van der Waals surface area contributed by atoms with Crippen LogP contribution in [0, 0.1) is 6.20 Å². The maximum Gasteiger partial charge on any atom is 2.00 e. The summed E-state index contributed by atoms with van der Waals surface area (Å²) in [5.74, 6) is 0. The van der Waals surface area contributed by atoms with E-state index < -0.39 is 0 Å².